The fourth-order valence-electron chi connectivity index (χ4n) is 4.61. The van der Waals surface area contributed by atoms with Gasteiger partial charge in [-0.05, 0) is 56.7 Å². The van der Waals surface area contributed by atoms with Gasteiger partial charge in [0.25, 0.3) is 0 Å². The fourth-order valence-corrected chi connectivity index (χ4v) is 4.61. The summed E-state index contributed by atoms with van der Waals surface area (Å²) >= 11 is 0. The number of ether oxygens (including phenoxy) is 1. The molecule has 28 heavy (non-hydrogen) atoms. The van der Waals surface area contributed by atoms with E-state index in [1.54, 1.807) is 7.11 Å². The van der Waals surface area contributed by atoms with Crippen LogP contribution < -0.4 is 9.64 Å². The number of benzene rings is 1. The van der Waals surface area contributed by atoms with Gasteiger partial charge in [0.15, 0.2) is 5.65 Å². The average molecular weight is 378 g/mol. The van der Waals surface area contributed by atoms with E-state index in [1.807, 2.05) is 12.1 Å². The Labute approximate surface area is 164 Å². The van der Waals surface area contributed by atoms with Crippen LogP contribution in [0.2, 0.25) is 0 Å². The molecule has 1 aliphatic heterocycles. The summed E-state index contributed by atoms with van der Waals surface area (Å²) in [6, 6.07) is 8.13. The Morgan fingerprint density at radius 2 is 1.86 bits per heavy atom. The molecule has 0 amide bonds. The van der Waals surface area contributed by atoms with Gasteiger partial charge in [0, 0.05) is 29.9 Å². The number of aliphatic hydroxyl groups excluding tert-OH is 1. The van der Waals surface area contributed by atoms with Gasteiger partial charge in [-0.15, -0.1) is 0 Å². The Balaban J connectivity index is 1.69. The van der Waals surface area contributed by atoms with Crippen LogP contribution >= 0.6 is 0 Å². The highest BCUT2D eigenvalue weighted by molar-refractivity contribution is 5.82. The predicted octanol–water partition coefficient (Wildman–Crippen LogP) is 3.16. The molecule has 2 aliphatic rings. The van der Waals surface area contributed by atoms with Crippen molar-refractivity contribution in [2.45, 2.75) is 45.1 Å². The summed E-state index contributed by atoms with van der Waals surface area (Å²) in [5.41, 5.74) is 6.68. The predicted molar refractivity (Wildman–Crippen MR) is 109 cm³/mol. The van der Waals surface area contributed by atoms with Gasteiger partial charge in [0.2, 0.25) is 0 Å². The normalized spacial score (nSPS) is 17.3. The Morgan fingerprint density at radius 1 is 1.11 bits per heavy atom. The number of methoxy groups -OCH3 is 1. The van der Waals surface area contributed by atoms with Gasteiger partial charge in [0.1, 0.15) is 11.6 Å². The lowest BCUT2D eigenvalue weighted by atomic mass is 10.1. The van der Waals surface area contributed by atoms with E-state index in [-0.39, 0.29) is 6.10 Å². The lowest BCUT2D eigenvalue weighted by molar-refractivity contribution is 0.145. The third-order valence-corrected chi connectivity index (χ3v) is 6.08. The SMILES string of the molecule is COc1ccc(-c2c(C)nn3c(N4CCC(O)CC4)c4c(nc23)CCC4)cc1. The Bertz CT molecular complexity index is 1020. The standard InChI is InChI=1S/C22H26N4O2/c1-14-20(15-6-8-17(28-2)9-7-15)21-23-19-5-3-4-18(19)22(26(21)24-14)25-12-10-16(27)11-13-25/h6-9,16,27H,3-5,10-13H2,1-2H3. The van der Waals surface area contributed by atoms with Crippen molar-refractivity contribution in [3.63, 3.8) is 0 Å². The number of anilines is 1. The molecule has 1 aliphatic carbocycles. The van der Waals surface area contributed by atoms with Crippen LogP contribution in [0.4, 0.5) is 5.82 Å². The van der Waals surface area contributed by atoms with Crippen molar-refractivity contribution in [1.29, 1.82) is 0 Å². The minimum absolute atomic E-state index is 0.184. The first-order chi connectivity index (χ1) is 13.7. The van der Waals surface area contributed by atoms with Crippen LogP contribution in [0.25, 0.3) is 16.8 Å². The third kappa shape index (κ3) is 2.75. The summed E-state index contributed by atoms with van der Waals surface area (Å²) in [4.78, 5) is 7.46. The van der Waals surface area contributed by atoms with E-state index in [4.69, 9.17) is 14.8 Å². The van der Waals surface area contributed by atoms with Gasteiger partial charge >= 0.3 is 0 Å². The van der Waals surface area contributed by atoms with E-state index in [9.17, 15) is 5.11 Å². The van der Waals surface area contributed by atoms with E-state index >= 15 is 0 Å². The largest absolute Gasteiger partial charge is 0.497 e. The average Bonchev–Trinajstić information content (AvgIpc) is 3.30. The second kappa shape index (κ2) is 6.78. The monoisotopic (exact) mass is 378 g/mol. The van der Waals surface area contributed by atoms with Gasteiger partial charge in [-0.25, -0.2) is 4.98 Å². The number of hydrogen-bond acceptors (Lipinski definition) is 5. The Kier molecular flexibility index (Phi) is 4.23. The zero-order valence-electron chi connectivity index (χ0n) is 16.5. The number of aryl methyl sites for hydroxylation is 2. The highest BCUT2D eigenvalue weighted by atomic mass is 16.5. The second-order valence-electron chi connectivity index (χ2n) is 7.86. The van der Waals surface area contributed by atoms with Crippen molar-refractivity contribution < 1.29 is 9.84 Å². The van der Waals surface area contributed by atoms with E-state index in [2.05, 4.69) is 28.5 Å². The van der Waals surface area contributed by atoms with Crippen molar-refractivity contribution in [3.8, 4) is 16.9 Å². The molecular weight excluding hydrogens is 352 g/mol. The summed E-state index contributed by atoms with van der Waals surface area (Å²) in [6.07, 6.45) is 4.67. The maximum atomic E-state index is 9.95. The Hall–Kier alpha value is -2.60. The molecule has 146 valence electrons. The van der Waals surface area contributed by atoms with Crippen LogP contribution in [0.3, 0.4) is 0 Å². The van der Waals surface area contributed by atoms with Gasteiger partial charge < -0.3 is 14.7 Å². The van der Waals surface area contributed by atoms with Crippen LogP contribution in [0.15, 0.2) is 24.3 Å². The molecule has 1 aromatic carbocycles. The summed E-state index contributed by atoms with van der Waals surface area (Å²) in [5.74, 6) is 2.03. The number of hydrogen-bond donors (Lipinski definition) is 1. The van der Waals surface area contributed by atoms with Crippen LogP contribution in [0, 0.1) is 6.92 Å². The van der Waals surface area contributed by atoms with Crippen LogP contribution in [0.1, 0.15) is 36.2 Å². The van der Waals surface area contributed by atoms with Crippen molar-refractivity contribution in [1.82, 2.24) is 14.6 Å². The summed E-state index contributed by atoms with van der Waals surface area (Å²) < 4.78 is 7.36. The minimum atomic E-state index is -0.184. The molecule has 0 saturated carbocycles. The first-order valence-electron chi connectivity index (χ1n) is 10.1. The molecular formula is C22H26N4O2. The molecule has 0 bridgehead atoms. The van der Waals surface area contributed by atoms with Crippen molar-refractivity contribution in [2.75, 3.05) is 25.1 Å². The molecule has 0 radical (unpaired) electrons. The van der Waals surface area contributed by atoms with Gasteiger partial charge in [0.05, 0.1) is 18.9 Å². The molecule has 3 heterocycles. The maximum absolute atomic E-state index is 9.95. The van der Waals surface area contributed by atoms with Crippen LogP contribution in [-0.2, 0) is 12.8 Å². The van der Waals surface area contributed by atoms with E-state index < -0.39 is 0 Å². The van der Waals surface area contributed by atoms with Crippen molar-refractivity contribution in [3.05, 3.63) is 41.2 Å². The molecule has 1 saturated heterocycles. The summed E-state index contributed by atoms with van der Waals surface area (Å²) in [5, 5.41) is 14.9. The maximum Gasteiger partial charge on any atom is 0.165 e. The van der Waals surface area contributed by atoms with Crippen LogP contribution in [0.5, 0.6) is 5.75 Å². The third-order valence-electron chi connectivity index (χ3n) is 6.08. The van der Waals surface area contributed by atoms with Crippen molar-refractivity contribution in [2.24, 2.45) is 0 Å². The smallest absolute Gasteiger partial charge is 0.165 e. The zero-order valence-corrected chi connectivity index (χ0v) is 16.5. The van der Waals surface area contributed by atoms with E-state index in [1.165, 1.54) is 17.1 Å². The van der Waals surface area contributed by atoms with E-state index in [0.29, 0.717) is 0 Å². The summed E-state index contributed by atoms with van der Waals surface area (Å²) in [7, 11) is 1.68. The topological polar surface area (TPSA) is 62.9 Å². The molecule has 5 rings (SSSR count). The van der Waals surface area contributed by atoms with Gasteiger partial charge in [-0.1, -0.05) is 12.1 Å². The number of nitrogens with zero attached hydrogens (tertiary/aromatic N) is 4. The first-order valence-corrected chi connectivity index (χ1v) is 10.1. The molecule has 6 heteroatoms. The van der Waals surface area contributed by atoms with Crippen molar-refractivity contribution >= 4 is 11.5 Å². The lowest BCUT2D eigenvalue weighted by Gasteiger charge is -2.32. The molecule has 1 fully saturated rings. The molecule has 1 N–H and O–H groups in total. The number of fused-ring (bicyclic) bond motifs is 2. The highest BCUT2D eigenvalue weighted by Crippen LogP contribution is 2.37. The fraction of sp³-hybridized carbons (Fsp3) is 0.455. The second-order valence-corrected chi connectivity index (χ2v) is 7.86. The molecule has 6 nitrogen and oxygen atoms in total. The molecule has 0 atom stereocenters. The molecule has 0 unspecified atom stereocenters. The highest BCUT2D eigenvalue weighted by Gasteiger charge is 2.28. The van der Waals surface area contributed by atoms with E-state index in [0.717, 1.165) is 73.4 Å². The molecule has 3 aromatic rings. The zero-order chi connectivity index (χ0) is 19.3. The number of aromatic nitrogens is 3. The van der Waals surface area contributed by atoms with Crippen LogP contribution in [-0.4, -0.2) is 46.0 Å². The van der Waals surface area contributed by atoms with Gasteiger partial charge in [-0.3, -0.25) is 0 Å². The molecule has 0 spiro atoms. The Morgan fingerprint density at radius 3 is 2.57 bits per heavy atom. The molecule has 2 aromatic heterocycles. The number of aliphatic hydroxyl groups is 1. The first kappa shape index (κ1) is 17.5. The quantitative estimate of drug-likeness (QED) is 0.759. The summed E-state index contributed by atoms with van der Waals surface area (Å²) in [6.45, 7) is 3.79. The van der Waals surface area contributed by atoms with Gasteiger partial charge in [-0.2, -0.15) is 9.61 Å². The lowest BCUT2D eigenvalue weighted by Crippen LogP contribution is -2.37. The number of piperidine rings is 1. The number of rotatable bonds is 3. The minimum Gasteiger partial charge on any atom is -0.497 e.